The number of phenolic OH excluding ortho intramolecular Hbond substituents is 4. The normalized spacial score (nSPS) is 12.2. The fraction of sp³-hybridized carbons (Fsp3) is 0.235. The Balaban J connectivity index is 1.18. The number of phenols is 4. The highest BCUT2D eigenvalue weighted by Crippen LogP contribution is 2.35. The van der Waals surface area contributed by atoms with Gasteiger partial charge in [-0.05, 0) is 84.6 Å². The molecule has 4 rings (SSSR count). The highest BCUT2D eigenvalue weighted by molar-refractivity contribution is 5.91. The quantitative estimate of drug-likeness (QED) is 0.0917. The zero-order valence-electron chi connectivity index (χ0n) is 25.0. The van der Waals surface area contributed by atoms with Gasteiger partial charge in [-0.3, -0.25) is 0 Å². The number of hydrogen-bond donors (Lipinski definition) is 6. The van der Waals surface area contributed by atoms with Gasteiger partial charge in [0.05, 0.1) is 11.1 Å². The second-order valence-electron chi connectivity index (χ2n) is 10.5. The van der Waals surface area contributed by atoms with Crippen molar-refractivity contribution in [2.45, 2.75) is 26.1 Å². The van der Waals surface area contributed by atoms with E-state index in [0.29, 0.717) is 17.1 Å². The van der Waals surface area contributed by atoms with Gasteiger partial charge in [-0.15, -0.1) is 0 Å². The number of carbonyl (C=O) groups is 2. The molecule has 0 aliphatic rings. The summed E-state index contributed by atoms with van der Waals surface area (Å²) in [4.78, 5) is 24.4. The van der Waals surface area contributed by atoms with Crippen molar-refractivity contribution in [3.05, 3.63) is 95.1 Å². The predicted molar refractivity (Wildman–Crippen MR) is 164 cm³/mol. The first-order chi connectivity index (χ1) is 21.9. The summed E-state index contributed by atoms with van der Waals surface area (Å²) >= 11 is 0. The van der Waals surface area contributed by atoms with Crippen molar-refractivity contribution in [3.63, 3.8) is 0 Å². The lowest BCUT2D eigenvalue weighted by molar-refractivity contribution is 0.0127. The zero-order chi connectivity index (χ0) is 33.4. The first kappa shape index (κ1) is 33.4. The van der Waals surface area contributed by atoms with Gasteiger partial charge in [0, 0.05) is 0 Å². The number of aromatic hydroxyl groups is 4. The van der Waals surface area contributed by atoms with Crippen LogP contribution >= 0.6 is 0 Å². The second kappa shape index (κ2) is 15.0. The molecule has 0 saturated heterocycles. The molecule has 0 aliphatic heterocycles. The van der Waals surface area contributed by atoms with Crippen LogP contribution in [0.5, 0.6) is 34.5 Å². The average Bonchev–Trinajstić information content (AvgIpc) is 3.05. The fourth-order valence-corrected chi connectivity index (χ4v) is 4.16. The Morgan fingerprint density at radius 2 is 0.978 bits per heavy atom. The largest absolute Gasteiger partial charge is 0.508 e. The van der Waals surface area contributed by atoms with Gasteiger partial charge in [0.2, 0.25) is 0 Å². The maximum absolute atomic E-state index is 12.3. The lowest BCUT2D eigenvalue weighted by Crippen LogP contribution is -2.25. The molecule has 6 N–H and O–H groups in total. The first-order valence-corrected chi connectivity index (χ1v) is 14.1. The van der Waals surface area contributed by atoms with Crippen molar-refractivity contribution in [3.8, 4) is 45.6 Å². The Labute approximate surface area is 264 Å². The van der Waals surface area contributed by atoms with Gasteiger partial charge in [0.1, 0.15) is 55.9 Å². The lowest BCUT2D eigenvalue weighted by atomic mass is 10.1. The minimum absolute atomic E-state index is 0.00272. The number of aliphatic hydroxyl groups excluding tert-OH is 2. The Hall–Kier alpha value is -5.46. The van der Waals surface area contributed by atoms with Crippen LogP contribution < -0.4 is 9.47 Å². The van der Waals surface area contributed by atoms with Crippen LogP contribution in [-0.4, -0.2) is 81.2 Å². The summed E-state index contributed by atoms with van der Waals surface area (Å²) in [6.45, 7) is 2.55. The molecule has 0 saturated carbocycles. The molecule has 2 unspecified atom stereocenters. The summed E-state index contributed by atoms with van der Waals surface area (Å²) in [7, 11) is 0. The van der Waals surface area contributed by atoms with Gasteiger partial charge < -0.3 is 49.6 Å². The van der Waals surface area contributed by atoms with E-state index in [1.54, 1.807) is 44.2 Å². The average molecular weight is 635 g/mol. The molecule has 4 aromatic carbocycles. The molecule has 0 aliphatic carbocycles. The molecule has 0 radical (unpaired) electrons. The number of aliphatic hydroxyl groups is 2. The Kier molecular flexibility index (Phi) is 10.9. The molecule has 0 heterocycles. The van der Waals surface area contributed by atoms with Crippen molar-refractivity contribution in [2.75, 3.05) is 26.4 Å². The van der Waals surface area contributed by atoms with Crippen LogP contribution in [0.1, 0.15) is 31.8 Å². The van der Waals surface area contributed by atoms with Gasteiger partial charge in [-0.1, -0.05) is 24.3 Å². The van der Waals surface area contributed by atoms with Gasteiger partial charge >= 0.3 is 11.9 Å². The van der Waals surface area contributed by atoms with E-state index >= 15 is 0 Å². The van der Waals surface area contributed by atoms with Gasteiger partial charge in [0.15, 0.2) is 17.2 Å². The SMILES string of the molecule is Cc1cc(C(=O)OCC(O)COc2ccc(-c3ccc(OCC(O)COC(=O)c4cc(O)c(O)c(O)c4)cc3)cc2)cc(O)c1C. The third kappa shape index (κ3) is 8.80. The summed E-state index contributed by atoms with van der Waals surface area (Å²) < 4.78 is 21.3. The number of esters is 2. The van der Waals surface area contributed by atoms with Crippen LogP contribution in [0, 0.1) is 13.8 Å². The molecule has 0 aromatic heterocycles. The Morgan fingerprint density at radius 3 is 1.39 bits per heavy atom. The highest BCUT2D eigenvalue weighted by Gasteiger charge is 2.17. The summed E-state index contributed by atoms with van der Waals surface area (Å²) in [5, 5.41) is 58.6. The molecule has 0 spiro atoms. The number of carbonyl (C=O) groups excluding carboxylic acids is 2. The molecule has 0 fully saturated rings. The third-order valence-electron chi connectivity index (χ3n) is 6.92. The molecule has 46 heavy (non-hydrogen) atoms. The van der Waals surface area contributed by atoms with Crippen LogP contribution in [0.15, 0.2) is 72.8 Å². The summed E-state index contributed by atoms with van der Waals surface area (Å²) in [5.74, 6) is -2.75. The molecule has 0 bridgehead atoms. The van der Waals surface area contributed by atoms with E-state index in [0.717, 1.165) is 28.8 Å². The van der Waals surface area contributed by atoms with E-state index in [1.165, 1.54) is 6.07 Å². The molecular weight excluding hydrogens is 600 g/mol. The molecule has 12 heteroatoms. The molecule has 12 nitrogen and oxygen atoms in total. The van der Waals surface area contributed by atoms with Gasteiger partial charge in [-0.25, -0.2) is 9.59 Å². The minimum Gasteiger partial charge on any atom is -0.508 e. The van der Waals surface area contributed by atoms with Gasteiger partial charge in [-0.2, -0.15) is 0 Å². The van der Waals surface area contributed by atoms with Crippen molar-refractivity contribution < 1.29 is 59.2 Å². The molecule has 242 valence electrons. The number of aryl methyl sites for hydroxylation is 1. The van der Waals surface area contributed by atoms with E-state index in [-0.39, 0.29) is 36.7 Å². The Morgan fingerprint density at radius 1 is 0.587 bits per heavy atom. The summed E-state index contributed by atoms with van der Waals surface area (Å²) in [5.41, 5.74) is 3.16. The van der Waals surface area contributed by atoms with Crippen molar-refractivity contribution >= 4 is 11.9 Å². The van der Waals surface area contributed by atoms with E-state index in [1.807, 2.05) is 24.3 Å². The van der Waals surface area contributed by atoms with Crippen molar-refractivity contribution in [1.82, 2.24) is 0 Å². The smallest absolute Gasteiger partial charge is 0.338 e. The lowest BCUT2D eigenvalue weighted by Gasteiger charge is -2.14. The van der Waals surface area contributed by atoms with Crippen LogP contribution in [-0.2, 0) is 9.47 Å². The number of rotatable bonds is 13. The van der Waals surface area contributed by atoms with Crippen molar-refractivity contribution in [2.24, 2.45) is 0 Å². The zero-order valence-corrected chi connectivity index (χ0v) is 25.0. The molecule has 0 amide bonds. The summed E-state index contributed by atoms with van der Waals surface area (Å²) in [6.07, 6.45) is -2.22. The van der Waals surface area contributed by atoms with Crippen LogP contribution in [0.25, 0.3) is 11.1 Å². The highest BCUT2D eigenvalue weighted by atomic mass is 16.6. The monoisotopic (exact) mass is 634 g/mol. The maximum atomic E-state index is 12.3. The van der Waals surface area contributed by atoms with Crippen LogP contribution in [0.3, 0.4) is 0 Å². The van der Waals surface area contributed by atoms with Gasteiger partial charge in [0.25, 0.3) is 0 Å². The van der Waals surface area contributed by atoms with E-state index in [9.17, 15) is 40.2 Å². The van der Waals surface area contributed by atoms with Crippen LogP contribution in [0.4, 0.5) is 0 Å². The van der Waals surface area contributed by atoms with E-state index in [4.69, 9.17) is 18.9 Å². The predicted octanol–water partition coefficient (Wildman–Crippen LogP) is 3.99. The third-order valence-corrected chi connectivity index (χ3v) is 6.92. The molecule has 4 aromatic rings. The van der Waals surface area contributed by atoms with E-state index in [2.05, 4.69) is 0 Å². The first-order valence-electron chi connectivity index (χ1n) is 14.1. The number of ether oxygens (including phenoxy) is 4. The van der Waals surface area contributed by atoms with E-state index < -0.39 is 48.0 Å². The summed E-state index contributed by atoms with van der Waals surface area (Å²) in [6, 6.07) is 19.0. The van der Waals surface area contributed by atoms with Crippen molar-refractivity contribution in [1.29, 1.82) is 0 Å². The minimum atomic E-state index is -1.16. The fourth-order valence-electron chi connectivity index (χ4n) is 4.16. The number of benzene rings is 4. The number of hydrogen-bond acceptors (Lipinski definition) is 12. The Bertz CT molecular complexity index is 1490. The molecular formula is C34H34O12. The van der Waals surface area contributed by atoms with Crippen LogP contribution in [0.2, 0.25) is 0 Å². The molecule has 2 atom stereocenters. The maximum Gasteiger partial charge on any atom is 0.338 e. The second-order valence-corrected chi connectivity index (χ2v) is 10.5. The topological polar surface area (TPSA) is 192 Å². The standard InChI is InChI=1S/C34H34O12/c1-19-11-23(12-29(37)20(19)2)33(41)45-17-25(35)15-43-27-7-3-21(4-8-27)22-5-9-28(10-6-22)44-16-26(36)18-46-34(42)24-13-30(38)32(40)31(39)14-24/h3-14,25-26,35-40H,15-18H2,1-2H3.